The molecular weight excluding hydrogens is 268 g/mol. The summed E-state index contributed by atoms with van der Waals surface area (Å²) in [6.45, 7) is 6.60. The standard InChI is InChI=1S/C16H16N2OS/c1-16(2,3)12-6-4-11(5-7-12)14-10-20-15-17-8-13(9-19)18(14)15/h4-10H,1-3H3. The molecule has 3 rings (SSSR count). The molecule has 0 aliphatic heterocycles. The number of rotatable bonds is 2. The molecule has 0 saturated carbocycles. The molecule has 3 nitrogen and oxygen atoms in total. The number of aldehydes is 1. The summed E-state index contributed by atoms with van der Waals surface area (Å²) >= 11 is 1.55. The summed E-state index contributed by atoms with van der Waals surface area (Å²) in [5, 5.41) is 2.04. The summed E-state index contributed by atoms with van der Waals surface area (Å²) in [5.41, 5.74) is 4.16. The fraction of sp³-hybridized carbons (Fsp3) is 0.250. The Hall–Kier alpha value is -1.94. The third-order valence-electron chi connectivity index (χ3n) is 3.44. The van der Waals surface area contributed by atoms with Crippen molar-refractivity contribution in [2.75, 3.05) is 0 Å². The van der Waals surface area contributed by atoms with Crippen molar-refractivity contribution in [3.8, 4) is 11.3 Å². The molecular formula is C16H16N2OS. The third kappa shape index (κ3) is 2.06. The predicted molar refractivity (Wildman–Crippen MR) is 82.6 cm³/mol. The summed E-state index contributed by atoms with van der Waals surface area (Å²) in [5.74, 6) is 0. The Kier molecular flexibility index (Phi) is 2.98. The van der Waals surface area contributed by atoms with E-state index < -0.39 is 0 Å². The fourth-order valence-electron chi connectivity index (χ4n) is 2.26. The minimum atomic E-state index is 0.144. The quantitative estimate of drug-likeness (QED) is 0.662. The van der Waals surface area contributed by atoms with Gasteiger partial charge in [0.25, 0.3) is 0 Å². The van der Waals surface area contributed by atoms with Crippen LogP contribution in [0.2, 0.25) is 0 Å². The molecule has 0 radical (unpaired) electrons. The molecule has 102 valence electrons. The van der Waals surface area contributed by atoms with Gasteiger partial charge in [-0.2, -0.15) is 0 Å². The van der Waals surface area contributed by atoms with Crippen LogP contribution in [0.4, 0.5) is 0 Å². The van der Waals surface area contributed by atoms with Crippen LogP contribution in [0.15, 0.2) is 35.8 Å². The highest BCUT2D eigenvalue weighted by Gasteiger charge is 2.15. The van der Waals surface area contributed by atoms with Gasteiger partial charge in [-0.1, -0.05) is 45.0 Å². The second kappa shape index (κ2) is 4.56. The number of hydrogen-bond acceptors (Lipinski definition) is 3. The Morgan fingerprint density at radius 2 is 1.90 bits per heavy atom. The van der Waals surface area contributed by atoms with Gasteiger partial charge in [0.1, 0.15) is 5.69 Å². The lowest BCUT2D eigenvalue weighted by Crippen LogP contribution is -2.10. The van der Waals surface area contributed by atoms with Crippen molar-refractivity contribution in [3.63, 3.8) is 0 Å². The SMILES string of the molecule is CC(C)(C)c1ccc(-c2csc3ncc(C=O)n23)cc1. The largest absolute Gasteiger partial charge is 0.296 e. The van der Waals surface area contributed by atoms with E-state index in [9.17, 15) is 4.79 Å². The summed E-state index contributed by atoms with van der Waals surface area (Å²) in [4.78, 5) is 16.2. The number of carbonyl (C=O) groups is 1. The van der Waals surface area contributed by atoms with Crippen LogP contribution >= 0.6 is 11.3 Å². The van der Waals surface area contributed by atoms with E-state index in [0.717, 1.165) is 22.5 Å². The molecule has 0 saturated heterocycles. The first-order chi connectivity index (χ1) is 9.50. The molecule has 4 heteroatoms. The molecule has 0 unspecified atom stereocenters. The van der Waals surface area contributed by atoms with Crippen LogP contribution in [-0.2, 0) is 5.41 Å². The van der Waals surface area contributed by atoms with Crippen LogP contribution in [0.3, 0.4) is 0 Å². The van der Waals surface area contributed by atoms with Crippen molar-refractivity contribution < 1.29 is 4.79 Å². The molecule has 0 atom stereocenters. The number of aromatic nitrogens is 2. The van der Waals surface area contributed by atoms with Crippen LogP contribution in [0.5, 0.6) is 0 Å². The number of fused-ring (bicyclic) bond motifs is 1. The average Bonchev–Trinajstić information content (AvgIpc) is 2.98. The van der Waals surface area contributed by atoms with E-state index in [4.69, 9.17) is 0 Å². The maximum atomic E-state index is 11.1. The molecule has 0 N–H and O–H groups in total. The van der Waals surface area contributed by atoms with Crippen LogP contribution in [0.25, 0.3) is 16.2 Å². The number of imidazole rings is 1. The Morgan fingerprint density at radius 1 is 1.20 bits per heavy atom. The van der Waals surface area contributed by atoms with Gasteiger partial charge < -0.3 is 0 Å². The predicted octanol–water partition coefficient (Wildman–Crippen LogP) is 4.17. The normalized spacial score (nSPS) is 11.9. The van der Waals surface area contributed by atoms with Crippen molar-refractivity contribution in [3.05, 3.63) is 47.1 Å². The van der Waals surface area contributed by atoms with E-state index in [0.29, 0.717) is 5.69 Å². The Bertz CT molecular complexity index is 760. The number of hydrogen-bond donors (Lipinski definition) is 0. The molecule has 0 fully saturated rings. The fourth-order valence-corrected chi connectivity index (χ4v) is 3.14. The molecule has 0 bridgehead atoms. The zero-order valence-corrected chi connectivity index (χ0v) is 12.6. The lowest BCUT2D eigenvalue weighted by Gasteiger charge is -2.19. The highest BCUT2D eigenvalue weighted by Crippen LogP contribution is 2.29. The topological polar surface area (TPSA) is 34.4 Å². The van der Waals surface area contributed by atoms with Crippen molar-refractivity contribution in [1.29, 1.82) is 0 Å². The number of nitrogens with zero attached hydrogens (tertiary/aromatic N) is 2. The Morgan fingerprint density at radius 3 is 2.50 bits per heavy atom. The van der Waals surface area contributed by atoms with Crippen LogP contribution in [-0.4, -0.2) is 15.7 Å². The molecule has 20 heavy (non-hydrogen) atoms. The van der Waals surface area contributed by atoms with Gasteiger partial charge in [-0.15, -0.1) is 11.3 Å². The zero-order chi connectivity index (χ0) is 14.3. The van der Waals surface area contributed by atoms with Gasteiger partial charge >= 0.3 is 0 Å². The molecule has 0 aliphatic carbocycles. The van der Waals surface area contributed by atoms with Gasteiger partial charge in [0.2, 0.25) is 0 Å². The van der Waals surface area contributed by atoms with Gasteiger partial charge in [0.05, 0.1) is 11.9 Å². The maximum Gasteiger partial charge on any atom is 0.194 e. The van der Waals surface area contributed by atoms with Gasteiger partial charge in [-0.25, -0.2) is 4.98 Å². The summed E-state index contributed by atoms with van der Waals surface area (Å²) in [6.07, 6.45) is 2.46. The first kappa shape index (κ1) is 13.1. The van der Waals surface area contributed by atoms with Crippen molar-refractivity contribution in [2.45, 2.75) is 26.2 Å². The minimum absolute atomic E-state index is 0.144. The lowest BCUT2D eigenvalue weighted by atomic mass is 9.86. The van der Waals surface area contributed by atoms with E-state index in [1.807, 2.05) is 9.78 Å². The van der Waals surface area contributed by atoms with Crippen molar-refractivity contribution in [1.82, 2.24) is 9.38 Å². The molecule has 3 aromatic rings. The summed E-state index contributed by atoms with van der Waals surface area (Å²) in [6, 6.07) is 8.51. The minimum Gasteiger partial charge on any atom is -0.296 e. The average molecular weight is 284 g/mol. The van der Waals surface area contributed by atoms with Gasteiger partial charge in [0, 0.05) is 5.38 Å². The van der Waals surface area contributed by atoms with E-state index in [-0.39, 0.29) is 5.41 Å². The van der Waals surface area contributed by atoms with Crippen molar-refractivity contribution in [2.24, 2.45) is 0 Å². The molecule has 0 aliphatic rings. The number of carbonyl (C=O) groups excluding carboxylic acids is 1. The van der Waals surface area contributed by atoms with Gasteiger partial charge in [-0.05, 0) is 16.5 Å². The summed E-state index contributed by atoms with van der Waals surface area (Å²) in [7, 11) is 0. The highest BCUT2D eigenvalue weighted by molar-refractivity contribution is 7.15. The van der Waals surface area contributed by atoms with Crippen molar-refractivity contribution >= 4 is 22.6 Å². The van der Waals surface area contributed by atoms with E-state index in [2.05, 4.69) is 50.0 Å². The summed E-state index contributed by atoms with van der Waals surface area (Å²) < 4.78 is 1.91. The van der Waals surface area contributed by atoms with Gasteiger partial charge in [-0.3, -0.25) is 9.20 Å². The first-order valence-electron chi connectivity index (χ1n) is 6.52. The zero-order valence-electron chi connectivity index (χ0n) is 11.8. The van der Waals surface area contributed by atoms with Crippen LogP contribution in [0.1, 0.15) is 36.8 Å². The number of benzene rings is 1. The number of thiazole rings is 1. The van der Waals surface area contributed by atoms with E-state index >= 15 is 0 Å². The maximum absolute atomic E-state index is 11.1. The molecule has 1 aromatic carbocycles. The molecule has 2 aromatic heterocycles. The molecule has 0 spiro atoms. The Balaban J connectivity index is 2.11. The Labute approximate surface area is 121 Å². The molecule has 2 heterocycles. The van der Waals surface area contributed by atoms with E-state index in [1.165, 1.54) is 5.56 Å². The van der Waals surface area contributed by atoms with E-state index in [1.54, 1.807) is 17.5 Å². The van der Waals surface area contributed by atoms with Crippen LogP contribution in [0, 0.1) is 0 Å². The molecule has 0 amide bonds. The monoisotopic (exact) mass is 284 g/mol. The third-order valence-corrected chi connectivity index (χ3v) is 4.28. The second-order valence-electron chi connectivity index (χ2n) is 5.87. The first-order valence-corrected chi connectivity index (χ1v) is 7.40. The van der Waals surface area contributed by atoms with Gasteiger partial charge in [0.15, 0.2) is 11.2 Å². The smallest absolute Gasteiger partial charge is 0.194 e. The lowest BCUT2D eigenvalue weighted by molar-refractivity contribution is 0.111. The highest BCUT2D eigenvalue weighted by atomic mass is 32.1. The second-order valence-corrected chi connectivity index (χ2v) is 6.70. The van der Waals surface area contributed by atoms with Crippen LogP contribution < -0.4 is 0 Å².